The average molecular weight is 520 g/mol. The molecule has 0 atom stereocenters. The Morgan fingerprint density at radius 2 is 0.970 bits per heavy atom. The summed E-state index contributed by atoms with van der Waals surface area (Å²) in [7, 11) is -10.3. The van der Waals surface area contributed by atoms with Crippen LogP contribution in [0.2, 0.25) is 0 Å². The van der Waals surface area contributed by atoms with Crippen LogP contribution in [0.1, 0.15) is 22.3 Å². The largest absolute Gasteiger partial charge is 0.372 e. The van der Waals surface area contributed by atoms with E-state index in [0.29, 0.717) is 12.1 Å². The molecule has 2 aromatic rings. The van der Waals surface area contributed by atoms with Crippen LogP contribution in [0.25, 0.3) is 0 Å². The number of aryl methyl sites for hydroxylation is 2. The van der Waals surface area contributed by atoms with E-state index in [9.17, 15) is 43.2 Å². The van der Waals surface area contributed by atoms with Gasteiger partial charge >= 0.3 is 17.8 Å². The highest BCUT2D eigenvalue weighted by molar-refractivity contribution is 7.86. The molecule has 2 rings (SSSR count). The molecule has 33 heavy (non-hydrogen) atoms. The third-order valence-electron chi connectivity index (χ3n) is 4.73. The molecule has 0 radical (unpaired) electrons. The Kier molecular flexibility index (Phi) is 7.03. The zero-order chi connectivity index (χ0) is 25.6. The molecular weight excluding hydrogens is 502 g/mol. The van der Waals surface area contributed by atoms with Gasteiger partial charge in [0.2, 0.25) is 0 Å². The molecule has 0 heterocycles. The molecule has 0 aliphatic heterocycles. The molecule has 0 unspecified atom stereocenters. The fraction of sp³-hybridized carbons (Fsp3) is 0.368. The molecule has 0 spiro atoms. The van der Waals surface area contributed by atoms with Crippen molar-refractivity contribution in [3.8, 4) is 0 Å². The maximum atomic E-state index is 14.5. The third-order valence-corrected chi connectivity index (χ3v) is 6.64. The van der Waals surface area contributed by atoms with E-state index in [1.165, 1.54) is 13.8 Å². The molecule has 6 nitrogen and oxygen atoms in total. The SMILES string of the molecule is Cc1ccc(S(=O)(=O)O)c(CC(F)(F)C(F)(F)C(F)(F)Cc2cc(C)ccc2S(=O)(=O)O)c1. The number of alkyl halides is 6. The highest BCUT2D eigenvalue weighted by atomic mass is 32.2. The van der Waals surface area contributed by atoms with Crippen molar-refractivity contribution in [1.29, 1.82) is 0 Å². The quantitative estimate of drug-likeness (QED) is 0.392. The molecule has 184 valence electrons. The second-order valence-electron chi connectivity index (χ2n) is 7.51. The van der Waals surface area contributed by atoms with Crippen LogP contribution < -0.4 is 0 Å². The van der Waals surface area contributed by atoms with E-state index in [1.807, 2.05) is 0 Å². The van der Waals surface area contributed by atoms with Gasteiger partial charge in [0.05, 0.1) is 9.79 Å². The van der Waals surface area contributed by atoms with Crippen molar-refractivity contribution in [1.82, 2.24) is 0 Å². The van der Waals surface area contributed by atoms with E-state index in [0.717, 1.165) is 24.3 Å². The molecule has 0 fully saturated rings. The van der Waals surface area contributed by atoms with Gasteiger partial charge in [-0.3, -0.25) is 9.11 Å². The lowest BCUT2D eigenvalue weighted by atomic mass is 9.92. The van der Waals surface area contributed by atoms with Gasteiger partial charge in [0.15, 0.2) is 0 Å². The summed E-state index contributed by atoms with van der Waals surface area (Å²) in [6.07, 6.45) is -4.35. The summed E-state index contributed by atoms with van der Waals surface area (Å²) in [6.45, 7) is 2.58. The molecule has 0 saturated carbocycles. The minimum absolute atomic E-state index is 0.126. The van der Waals surface area contributed by atoms with Crippen LogP contribution in [0, 0.1) is 13.8 Å². The summed E-state index contributed by atoms with van der Waals surface area (Å²) in [5, 5.41) is 0. The first-order valence-corrected chi connectivity index (χ1v) is 11.8. The standard InChI is InChI=1S/C19H18F6O6S2/c1-11-3-5-15(32(26,27)28)13(7-11)9-17(20,21)19(24,25)18(22,23)10-14-8-12(2)4-6-16(14)33(29,30)31/h3-8H,9-10H2,1-2H3,(H,26,27,28)(H,29,30,31). The van der Waals surface area contributed by atoms with Gasteiger partial charge < -0.3 is 0 Å². The average Bonchev–Trinajstić information content (AvgIpc) is 2.58. The van der Waals surface area contributed by atoms with Gasteiger partial charge in [-0.05, 0) is 37.1 Å². The van der Waals surface area contributed by atoms with E-state index in [2.05, 4.69) is 0 Å². The van der Waals surface area contributed by atoms with Crippen molar-refractivity contribution in [3.05, 3.63) is 58.7 Å². The number of benzene rings is 2. The minimum Gasteiger partial charge on any atom is -0.282 e. The van der Waals surface area contributed by atoms with Gasteiger partial charge in [0.25, 0.3) is 20.2 Å². The Morgan fingerprint density at radius 3 is 1.24 bits per heavy atom. The Balaban J connectivity index is 2.53. The lowest BCUT2D eigenvalue weighted by Crippen LogP contribution is -2.56. The smallest absolute Gasteiger partial charge is 0.282 e. The first-order valence-electron chi connectivity index (χ1n) is 8.96. The van der Waals surface area contributed by atoms with Gasteiger partial charge in [-0.15, -0.1) is 0 Å². The number of rotatable bonds is 8. The van der Waals surface area contributed by atoms with E-state index in [1.54, 1.807) is 0 Å². The molecule has 14 heteroatoms. The third kappa shape index (κ3) is 5.67. The monoisotopic (exact) mass is 520 g/mol. The maximum absolute atomic E-state index is 14.5. The number of hydrogen-bond acceptors (Lipinski definition) is 4. The van der Waals surface area contributed by atoms with E-state index in [-0.39, 0.29) is 11.1 Å². The van der Waals surface area contributed by atoms with Gasteiger partial charge in [-0.1, -0.05) is 35.4 Å². The zero-order valence-corrected chi connectivity index (χ0v) is 18.6. The fourth-order valence-corrected chi connectivity index (χ4v) is 4.57. The zero-order valence-electron chi connectivity index (χ0n) is 17.0. The van der Waals surface area contributed by atoms with Crippen LogP contribution >= 0.6 is 0 Å². The molecule has 0 aliphatic rings. The Bertz CT molecular complexity index is 1180. The molecule has 0 amide bonds. The first kappa shape index (κ1) is 27.1. The first-order chi connectivity index (χ1) is 14.7. The Labute approximate surface area is 185 Å². The molecule has 0 aromatic heterocycles. The van der Waals surface area contributed by atoms with E-state index < -0.39 is 71.8 Å². The second kappa shape index (κ2) is 8.56. The predicted molar refractivity (Wildman–Crippen MR) is 104 cm³/mol. The topological polar surface area (TPSA) is 109 Å². The molecular formula is C19H18F6O6S2. The summed E-state index contributed by atoms with van der Waals surface area (Å²) < 4.78 is 151. The summed E-state index contributed by atoms with van der Waals surface area (Å²) >= 11 is 0. The molecule has 2 N–H and O–H groups in total. The highest BCUT2D eigenvalue weighted by Gasteiger charge is 2.71. The van der Waals surface area contributed by atoms with E-state index in [4.69, 9.17) is 9.11 Å². The number of halogens is 6. The van der Waals surface area contributed by atoms with Crippen molar-refractivity contribution in [2.45, 2.75) is 54.2 Å². The van der Waals surface area contributed by atoms with Crippen LogP contribution in [-0.2, 0) is 33.1 Å². The molecule has 0 bridgehead atoms. The van der Waals surface area contributed by atoms with Gasteiger partial charge in [-0.25, -0.2) is 0 Å². The van der Waals surface area contributed by atoms with Gasteiger partial charge in [0.1, 0.15) is 0 Å². The summed E-state index contributed by atoms with van der Waals surface area (Å²) in [6, 6.07) is 4.93. The summed E-state index contributed by atoms with van der Waals surface area (Å²) in [4.78, 5) is -2.31. The fourth-order valence-electron chi connectivity index (χ4n) is 3.16. The molecule has 0 saturated heterocycles. The van der Waals surface area contributed by atoms with Crippen molar-refractivity contribution in [2.24, 2.45) is 0 Å². The second-order valence-corrected chi connectivity index (χ2v) is 10.3. The summed E-state index contributed by atoms with van der Waals surface area (Å²) in [5.41, 5.74) is -1.79. The van der Waals surface area contributed by atoms with Crippen LogP contribution in [0.4, 0.5) is 26.3 Å². The maximum Gasteiger partial charge on any atom is 0.372 e. The van der Waals surface area contributed by atoms with Crippen molar-refractivity contribution in [3.63, 3.8) is 0 Å². The Hall–Kier alpha value is -2.16. The molecule has 0 aliphatic carbocycles. The predicted octanol–water partition coefficient (Wildman–Crippen LogP) is 4.49. The van der Waals surface area contributed by atoms with Gasteiger partial charge in [-0.2, -0.15) is 43.2 Å². The van der Waals surface area contributed by atoms with Gasteiger partial charge in [0, 0.05) is 12.8 Å². The lowest BCUT2D eigenvalue weighted by Gasteiger charge is -2.33. The normalized spacial score (nSPS) is 13.9. The highest BCUT2D eigenvalue weighted by Crippen LogP contribution is 2.49. The van der Waals surface area contributed by atoms with Crippen molar-refractivity contribution in [2.75, 3.05) is 0 Å². The van der Waals surface area contributed by atoms with E-state index >= 15 is 0 Å². The van der Waals surface area contributed by atoms with Crippen molar-refractivity contribution < 1.29 is 52.3 Å². The molecule has 2 aromatic carbocycles. The Morgan fingerprint density at radius 1 is 0.667 bits per heavy atom. The van der Waals surface area contributed by atoms with Crippen LogP contribution in [0.15, 0.2) is 46.2 Å². The van der Waals surface area contributed by atoms with Crippen LogP contribution in [0.3, 0.4) is 0 Å². The van der Waals surface area contributed by atoms with Crippen LogP contribution in [0.5, 0.6) is 0 Å². The lowest BCUT2D eigenvalue weighted by molar-refractivity contribution is -0.307. The van der Waals surface area contributed by atoms with Crippen LogP contribution in [-0.4, -0.2) is 43.7 Å². The number of hydrogen-bond donors (Lipinski definition) is 2. The minimum atomic E-state index is -6.10. The summed E-state index contributed by atoms with van der Waals surface area (Å²) in [5.74, 6) is -17.2. The van der Waals surface area contributed by atoms with Crippen molar-refractivity contribution >= 4 is 20.2 Å².